The number of hydrogen-bond acceptors (Lipinski definition) is 6. The second-order valence-electron chi connectivity index (χ2n) is 8.81. The van der Waals surface area contributed by atoms with Gasteiger partial charge in [-0.25, -0.2) is 4.68 Å². The lowest BCUT2D eigenvalue weighted by Crippen LogP contribution is -2.34. The van der Waals surface area contributed by atoms with E-state index in [9.17, 15) is 18.0 Å². The molecule has 4 rings (SSSR count). The Morgan fingerprint density at radius 3 is 2.43 bits per heavy atom. The molecule has 0 unspecified atom stereocenters. The Morgan fingerprint density at radius 2 is 1.86 bits per heavy atom. The van der Waals surface area contributed by atoms with Gasteiger partial charge in [0.25, 0.3) is 0 Å². The van der Waals surface area contributed by atoms with Gasteiger partial charge >= 0.3 is 6.18 Å². The van der Waals surface area contributed by atoms with Gasteiger partial charge in [-0.05, 0) is 52.0 Å². The third-order valence-corrected chi connectivity index (χ3v) is 6.65. The number of benzene rings is 1. The van der Waals surface area contributed by atoms with Crippen molar-refractivity contribution in [2.45, 2.75) is 33.9 Å². The molecule has 0 fully saturated rings. The molecule has 0 spiro atoms. The molecule has 2 aromatic heterocycles. The molecule has 0 aliphatic carbocycles. The summed E-state index contributed by atoms with van der Waals surface area (Å²) in [6.45, 7) is 8.53. The molecule has 0 saturated carbocycles. The molecule has 12 heteroatoms. The third-order valence-electron chi connectivity index (χ3n) is 6.65. The summed E-state index contributed by atoms with van der Waals surface area (Å²) < 4.78 is 44.8. The van der Waals surface area contributed by atoms with Gasteiger partial charge in [0.1, 0.15) is 5.69 Å². The van der Waals surface area contributed by atoms with Crippen molar-refractivity contribution in [3.05, 3.63) is 59.2 Å². The van der Waals surface area contributed by atoms with Crippen LogP contribution in [-0.2, 0) is 18.0 Å². The zero-order chi connectivity index (χ0) is 27.1. The van der Waals surface area contributed by atoms with Gasteiger partial charge in [0.05, 0.1) is 30.2 Å². The first kappa shape index (κ1) is 26.0. The van der Waals surface area contributed by atoms with E-state index in [-0.39, 0.29) is 12.1 Å². The summed E-state index contributed by atoms with van der Waals surface area (Å²) >= 11 is 0. The van der Waals surface area contributed by atoms with E-state index in [1.54, 1.807) is 41.0 Å². The summed E-state index contributed by atoms with van der Waals surface area (Å²) in [6, 6.07) is 3.92. The first-order valence-electron chi connectivity index (χ1n) is 11.8. The minimum absolute atomic E-state index is 0.0208. The van der Waals surface area contributed by atoms with Crippen molar-refractivity contribution >= 4 is 23.0 Å². The third kappa shape index (κ3) is 4.95. The van der Waals surface area contributed by atoms with E-state index in [1.807, 2.05) is 32.7 Å². The Bertz CT molecular complexity index is 1400. The number of carbonyl (C=O) groups is 1. The second-order valence-corrected chi connectivity index (χ2v) is 8.81. The standard InChI is InChI=1S/C25H29F3N8O/c1-6-34(7-2)19-9-18(25(26,27)28)10-20(11-19)35-13-17(24(29)37)8-23(16(35)4)36-14-22(31-32-36)21-12-30-33(5)15(21)3/h8-12,14H,6-7,13H2,1-5H3,(H2,29,37). The highest BCUT2D eigenvalue weighted by atomic mass is 19.4. The summed E-state index contributed by atoms with van der Waals surface area (Å²) in [5.41, 5.74) is 9.15. The fourth-order valence-corrected chi connectivity index (χ4v) is 4.35. The van der Waals surface area contributed by atoms with Crippen LogP contribution in [0.3, 0.4) is 0 Å². The van der Waals surface area contributed by atoms with Crippen molar-refractivity contribution < 1.29 is 18.0 Å². The van der Waals surface area contributed by atoms with Crippen LogP contribution in [0.1, 0.15) is 32.0 Å². The molecule has 1 aliphatic heterocycles. The molecule has 3 aromatic rings. The predicted molar refractivity (Wildman–Crippen MR) is 135 cm³/mol. The van der Waals surface area contributed by atoms with Gasteiger partial charge in [0.15, 0.2) is 0 Å². The Kier molecular flexibility index (Phi) is 6.85. The topological polar surface area (TPSA) is 98.1 Å². The first-order chi connectivity index (χ1) is 17.4. The fraction of sp³-hybridized carbons (Fsp3) is 0.360. The highest BCUT2D eigenvalue weighted by molar-refractivity contribution is 5.97. The SMILES string of the molecule is CCN(CC)c1cc(N2CC(C(N)=O)=CC(n3cc(-c4cnn(C)c4C)nn3)=C2C)cc(C(F)(F)F)c1. The number of nitrogens with zero attached hydrogens (tertiary/aromatic N) is 7. The maximum Gasteiger partial charge on any atom is 0.416 e. The maximum atomic E-state index is 13.9. The molecule has 0 bridgehead atoms. The summed E-state index contributed by atoms with van der Waals surface area (Å²) in [4.78, 5) is 15.7. The summed E-state index contributed by atoms with van der Waals surface area (Å²) in [5, 5.41) is 12.7. The largest absolute Gasteiger partial charge is 0.416 e. The first-order valence-corrected chi connectivity index (χ1v) is 11.8. The molecule has 3 heterocycles. The molecule has 0 radical (unpaired) electrons. The van der Waals surface area contributed by atoms with Crippen LogP contribution in [0.25, 0.3) is 17.0 Å². The number of primary amides is 1. The number of nitrogens with two attached hydrogens (primary N) is 1. The van der Waals surface area contributed by atoms with Gasteiger partial charge in [-0.1, -0.05) is 5.21 Å². The Labute approximate surface area is 212 Å². The van der Waals surface area contributed by atoms with Crippen LogP contribution in [-0.4, -0.2) is 50.3 Å². The summed E-state index contributed by atoms with van der Waals surface area (Å²) in [7, 11) is 1.82. The van der Waals surface area contributed by atoms with Gasteiger partial charge in [-0.2, -0.15) is 18.3 Å². The number of aryl methyl sites for hydroxylation is 1. The van der Waals surface area contributed by atoms with Crippen LogP contribution in [0.5, 0.6) is 0 Å². The Balaban J connectivity index is 1.85. The average molecular weight is 515 g/mol. The van der Waals surface area contributed by atoms with E-state index >= 15 is 0 Å². The average Bonchev–Trinajstić information content (AvgIpc) is 3.46. The molecule has 1 aromatic carbocycles. The lowest BCUT2D eigenvalue weighted by molar-refractivity contribution is -0.137. The normalized spacial score (nSPS) is 14.3. The fourth-order valence-electron chi connectivity index (χ4n) is 4.35. The van der Waals surface area contributed by atoms with Crippen molar-refractivity contribution in [2.24, 2.45) is 12.8 Å². The van der Waals surface area contributed by atoms with Gasteiger partial charge in [0, 0.05) is 54.0 Å². The number of hydrogen-bond donors (Lipinski definition) is 1. The molecule has 0 atom stereocenters. The van der Waals surface area contributed by atoms with Gasteiger partial charge in [0.2, 0.25) is 5.91 Å². The predicted octanol–water partition coefficient (Wildman–Crippen LogP) is 3.97. The molecular weight excluding hydrogens is 485 g/mol. The van der Waals surface area contributed by atoms with Crippen LogP contribution >= 0.6 is 0 Å². The van der Waals surface area contributed by atoms with Crippen LogP contribution in [0.15, 0.2) is 47.9 Å². The number of amides is 1. The smallest absolute Gasteiger partial charge is 0.372 e. The van der Waals surface area contributed by atoms with Crippen molar-refractivity contribution in [3.8, 4) is 11.3 Å². The number of carbonyl (C=O) groups excluding carboxylic acids is 1. The van der Waals surface area contributed by atoms with Crippen LogP contribution in [0, 0.1) is 6.92 Å². The highest BCUT2D eigenvalue weighted by Gasteiger charge is 2.33. The molecule has 2 N–H and O–H groups in total. The second kappa shape index (κ2) is 9.75. The zero-order valence-corrected chi connectivity index (χ0v) is 21.3. The summed E-state index contributed by atoms with van der Waals surface area (Å²) in [6.07, 6.45) is 0.426. The number of allylic oxidation sites excluding steroid dienone is 3. The Morgan fingerprint density at radius 1 is 1.16 bits per heavy atom. The van der Waals surface area contributed by atoms with Crippen LogP contribution in [0.2, 0.25) is 0 Å². The lowest BCUT2D eigenvalue weighted by atomic mass is 10.0. The molecule has 196 valence electrons. The maximum absolute atomic E-state index is 13.9. The van der Waals surface area contributed by atoms with Crippen molar-refractivity contribution in [1.29, 1.82) is 0 Å². The number of anilines is 2. The Hall–Kier alpha value is -4.09. The van der Waals surface area contributed by atoms with Gasteiger partial charge < -0.3 is 15.5 Å². The van der Waals surface area contributed by atoms with E-state index in [1.165, 1.54) is 4.68 Å². The van der Waals surface area contributed by atoms with Crippen molar-refractivity contribution in [1.82, 2.24) is 24.8 Å². The van der Waals surface area contributed by atoms with Crippen LogP contribution < -0.4 is 15.5 Å². The molecule has 1 aliphatic rings. The van der Waals surface area contributed by atoms with E-state index in [2.05, 4.69) is 15.4 Å². The quantitative estimate of drug-likeness (QED) is 0.512. The lowest BCUT2D eigenvalue weighted by Gasteiger charge is -2.33. The minimum atomic E-state index is -4.54. The van der Waals surface area contributed by atoms with E-state index in [0.29, 0.717) is 41.6 Å². The van der Waals surface area contributed by atoms with Gasteiger partial charge in [-0.15, -0.1) is 5.10 Å². The summed E-state index contributed by atoms with van der Waals surface area (Å²) in [5.74, 6) is -0.672. The monoisotopic (exact) mass is 514 g/mol. The zero-order valence-electron chi connectivity index (χ0n) is 21.3. The number of alkyl halides is 3. The van der Waals surface area contributed by atoms with Crippen molar-refractivity contribution in [2.75, 3.05) is 29.4 Å². The van der Waals surface area contributed by atoms with E-state index in [0.717, 1.165) is 23.4 Å². The van der Waals surface area contributed by atoms with Crippen molar-refractivity contribution in [3.63, 3.8) is 0 Å². The molecular formula is C25H29F3N8O. The van der Waals surface area contributed by atoms with Crippen LogP contribution in [0.4, 0.5) is 24.5 Å². The molecule has 0 saturated heterocycles. The molecule has 37 heavy (non-hydrogen) atoms. The van der Waals surface area contributed by atoms with E-state index in [4.69, 9.17) is 5.73 Å². The highest BCUT2D eigenvalue weighted by Crippen LogP contribution is 2.38. The minimum Gasteiger partial charge on any atom is -0.372 e. The number of halogens is 3. The van der Waals surface area contributed by atoms with Gasteiger partial charge in [-0.3, -0.25) is 9.48 Å². The number of rotatable bonds is 7. The number of aromatic nitrogens is 5. The molecule has 9 nitrogen and oxygen atoms in total. The van der Waals surface area contributed by atoms with E-state index < -0.39 is 17.6 Å². The molecule has 1 amide bonds.